The Morgan fingerprint density at radius 3 is 2.91 bits per heavy atom. The number of halogens is 1. The minimum atomic E-state index is 0.349. The summed E-state index contributed by atoms with van der Waals surface area (Å²) < 4.78 is 13.5. The maximum Gasteiger partial charge on any atom is 0.293 e. The summed E-state index contributed by atoms with van der Waals surface area (Å²) in [6, 6.07) is 9.53. The van der Waals surface area contributed by atoms with Gasteiger partial charge in [-0.05, 0) is 52.7 Å². The first-order chi connectivity index (χ1) is 11.2. The molecule has 0 aliphatic carbocycles. The number of benzene rings is 1. The van der Waals surface area contributed by atoms with E-state index in [1.54, 1.807) is 12.1 Å². The van der Waals surface area contributed by atoms with Crippen molar-refractivity contribution in [3.63, 3.8) is 0 Å². The van der Waals surface area contributed by atoms with Crippen molar-refractivity contribution < 1.29 is 8.94 Å². The molecule has 1 aromatic carbocycles. The average Bonchev–Trinajstić information content (AvgIpc) is 3.26. The monoisotopic (exact) mass is 372 g/mol. The first-order valence-electron chi connectivity index (χ1n) is 7.29. The number of hydrogen-bond acceptors (Lipinski definition) is 5. The van der Waals surface area contributed by atoms with Gasteiger partial charge in [-0.25, -0.2) is 4.98 Å². The van der Waals surface area contributed by atoms with Gasteiger partial charge in [0, 0.05) is 12.1 Å². The highest BCUT2D eigenvalue weighted by Gasteiger charge is 2.14. The fraction of sp³-hybridized carbons (Fsp3) is 0.188. The molecule has 3 aromatic heterocycles. The quantitative estimate of drug-likeness (QED) is 0.526. The van der Waals surface area contributed by atoms with Gasteiger partial charge in [0.15, 0.2) is 10.4 Å². The molecule has 0 saturated carbocycles. The number of hydrogen-bond donors (Lipinski definition) is 0. The van der Waals surface area contributed by atoms with Gasteiger partial charge in [0.1, 0.15) is 0 Å². The van der Waals surface area contributed by atoms with Crippen molar-refractivity contribution in [3.05, 3.63) is 41.3 Å². The molecule has 6 nitrogen and oxygen atoms in total. The van der Waals surface area contributed by atoms with E-state index in [-0.39, 0.29) is 0 Å². The molecule has 0 aliphatic rings. The van der Waals surface area contributed by atoms with E-state index in [4.69, 9.17) is 8.94 Å². The van der Waals surface area contributed by atoms with Crippen LogP contribution in [0.4, 0.5) is 0 Å². The van der Waals surface area contributed by atoms with E-state index < -0.39 is 0 Å². The normalized spacial score (nSPS) is 11.4. The lowest BCUT2D eigenvalue weighted by atomic mass is 10.2. The molecule has 0 bridgehead atoms. The van der Waals surface area contributed by atoms with Gasteiger partial charge in [-0.1, -0.05) is 12.1 Å². The van der Waals surface area contributed by atoms with Crippen LogP contribution in [0.15, 0.2) is 50.3 Å². The lowest BCUT2D eigenvalue weighted by molar-refractivity contribution is 0.414. The molecule has 0 saturated heterocycles. The minimum absolute atomic E-state index is 0.349. The van der Waals surface area contributed by atoms with Crippen molar-refractivity contribution in [2.45, 2.75) is 19.9 Å². The average molecular weight is 373 g/mol. The molecule has 7 heteroatoms. The lowest BCUT2D eigenvalue weighted by Crippen LogP contribution is -1.93. The summed E-state index contributed by atoms with van der Waals surface area (Å²) in [6.07, 6.45) is 2.93. The number of aromatic nitrogens is 4. The largest absolute Gasteiger partial charge is 0.444 e. The summed E-state index contributed by atoms with van der Waals surface area (Å²) in [4.78, 5) is 8.83. The van der Waals surface area contributed by atoms with Crippen LogP contribution in [0.5, 0.6) is 0 Å². The van der Waals surface area contributed by atoms with Gasteiger partial charge in [0.2, 0.25) is 5.82 Å². The van der Waals surface area contributed by atoms with Crippen LogP contribution in [0.1, 0.15) is 13.3 Å². The standard InChI is InChI=1S/C16H13BrN4O2/c1-2-7-21-9-18-11-8-10(3-4-12(11)21)15-19-16(23-20-15)13-5-6-14(17)22-13/h3-6,8-9H,2,7H2,1H3. The third kappa shape index (κ3) is 2.57. The highest BCUT2D eigenvalue weighted by molar-refractivity contribution is 9.10. The molecule has 0 aliphatic heterocycles. The van der Waals surface area contributed by atoms with Crippen molar-refractivity contribution in [2.24, 2.45) is 0 Å². The van der Waals surface area contributed by atoms with Crippen LogP contribution in [0.25, 0.3) is 34.1 Å². The highest BCUT2D eigenvalue weighted by atomic mass is 79.9. The number of furan rings is 1. The summed E-state index contributed by atoms with van der Waals surface area (Å²) in [5.74, 6) is 1.39. The molecule has 116 valence electrons. The number of nitrogens with zero attached hydrogens (tertiary/aromatic N) is 4. The Labute approximate surface area is 140 Å². The number of imidazole rings is 1. The van der Waals surface area contributed by atoms with Gasteiger partial charge in [0.05, 0.1) is 17.4 Å². The highest BCUT2D eigenvalue weighted by Crippen LogP contribution is 2.27. The van der Waals surface area contributed by atoms with Crippen LogP contribution in [0, 0.1) is 0 Å². The van der Waals surface area contributed by atoms with Crippen LogP contribution in [-0.4, -0.2) is 19.7 Å². The van der Waals surface area contributed by atoms with Gasteiger partial charge in [-0.2, -0.15) is 4.98 Å². The zero-order chi connectivity index (χ0) is 15.8. The zero-order valence-electron chi connectivity index (χ0n) is 12.4. The molecule has 0 unspecified atom stereocenters. The molecular formula is C16H13BrN4O2. The SMILES string of the molecule is CCCn1cnc2cc(-c3noc(-c4ccc(Br)o4)n3)ccc21. The summed E-state index contributed by atoms with van der Waals surface area (Å²) >= 11 is 3.26. The van der Waals surface area contributed by atoms with Crippen molar-refractivity contribution in [2.75, 3.05) is 0 Å². The topological polar surface area (TPSA) is 69.9 Å². The summed E-state index contributed by atoms with van der Waals surface area (Å²) in [6.45, 7) is 3.10. The van der Waals surface area contributed by atoms with Crippen LogP contribution < -0.4 is 0 Å². The first-order valence-corrected chi connectivity index (χ1v) is 8.08. The predicted molar refractivity (Wildman–Crippen MR) is 88.7 cm³/mol. The Balaban J connectivity index is 1.70. The van der Waals surface area contributed by atoms with Crippen molar-refractivity contribution in [1.82, 2.24) is 19.7 Å². The van der Waals surface area contributed by atoms with E-state index in [2.05, 4.69) is 42.5 Å². The molecule has 3 heterocycles. The van der Waals surface area contributed by atoms with Crippen molar-refractivity contribution >= 4 is 27.0 Å². The molecule has 4 aromatic rings. The van der Waals surface area contributed by atoms with E-state index in [1.165, 1.54) is 0 Å². The summed E-state index contributed by atoms with van der Waals surface area (Å²) in [7, 11) is 0. The smallest absolute Gasteiger partial charge is 0.293 e. The van der Waals surface area contributed by atoms with E-state index in [0.29, 0.717) is 22.1 Å². The molecule has 0 fully saturated rings. The second-order valence-corrected chi connectivity index (χ2v) is 5.95. The second kappa shape index (κ2) is 5.66. The third-order valence-corrected chi connectivity index (χ3v) is 3.98. The molecular weight excluding hydrogens is 360 g/mol. The van der Waals surface area contributed by atoms with Crippen molar-refractivity contribution in [3.8, 4) is 23.0 Å². The van der Waals surface area contributed by atoms with Gasteiger partial charge >= 0.3 is 0 Å². The van der Waals surface area contributed by atoms with Crippen LogP contribution >= 0.6 is 15.9 Å². The molecule has 0 radical (unpaired) electrons. The van der Waals surface area contributed by atoms with E-state index in [1.807, 2.05) is 24.5 Å². The fourth-order valence-corrected chi connectivity index (χ4v) is 2.80. The van der Waals surface area contributed by atoms with Crippen LogP contribution in [0.2, 0.25) is 0 Å². The van der Waals surface area contributed by atoms with E-state index >= 15 is 0 Å². The lowest BCUT2D eigenvalue weighted by Gasteiger charge is -2.01. The van der Waals surface area contributed by atoms with Crippen LogP contribution in [-0.2, 0) is 6.54 Å². The number of rotatable bonds is 4. The van der Waals surface area contributed by atoms with Crippen molar-refractivity contribution in [1.29, 1.82) is 0 Å². The number of aryl methyl sites for hydroxylation is 1. The summed E-state index contributed by atoms with van der Waals surface area (Å²) in [5, 5.41) is 4.03. The first kappa shape index (κ1) is 14.2. The van der Waals surface area contributed by atoms with Crippen LogP contribution in [0.3, 0.4) is 0 Å². The Kier molecular flexibility index (Phi) is 3.49. The van der Waals surface area contributed by atoms with Gasteiger partial charge in [-0.15, -0.1) is 0 Å². The van der Waals surface area contributed by atoms with E-state index in [9.17, 15) is 0 Å². The molecule has 0 amide bonds. The molecule has 0 spiro atoms. The van der Waals surface area contributed by atoms with E-state index in [0.717, 1.165) is 29.6 Å². The minimum Gasteiger partial charge on any atom is -0.444 e. The maximum atomic E-state index is 5.42. The summed E-state index contributed by atoms with van der Waals surface area (Å²) in [5.41, 5.74) is 2.89. The molecule has 4 rings (SSSR count). The Morgan fingerprint density at radius 1 is 1.22 bits per heavy atom. The fourth-order valence-electron chi connectivity index (χ4n) is 2.49. The predicted octanol–water partition coefficient (Wildman–Crippen LogP) is 4.52. The molecule has 0 atom stereocenters. The van der Waals surface area contributed by atoms with Gasteiger partial charge in [0.25, 0.3) is 5.89 Å². The zero-order valence-corrected chi connectivity index (χ0v) is 13.9. The Morgan fingerprint density at radius 2 is 2.13 bits per heavy atom. The Hall–Kier alpha value is -2.41. The molecule has 23 heavy (non-hydrogen) atoms. The second-order valence-electron chi connectivity index (χ2n) is 5.17. The Bertz CT molecular complexity index is 969. The van der Waals surface area contributed by atoms with Gasteiger partial charge < -0.3 is 13.5 Å². The van der Waals surface area contributed by atoms with Gasteiger partial charge in [-0.3, -0.25) is 0 Å². The third-order valence-electron chi connectivity index (χ3n) is 3.55. The maximum absolute atomic E-state index is 5.42. The molecule has 0 N–H and O–H groups in total. The number of fused-ring (bicyclic) bond motifs is 1.